The first-order valence-electron chi connectivity index (χ1n) is 23.4. The predicted octanol–water partition coefficient (Wildman–Crippen LogP) is 16.3. The maximum Gasteiger partial charge on any atom is 0.146 e. The zero-order valence-corrected chi connectivity index (χ0v) is 40.3. The molecular formula is C62H43BrN6O2. The average molecular weight is 984 g/mol. The Morgan fingerprint density at radius 3 is 1.45 bits per heavy atom. The number of benzene rings is 8. The van der Waals surface area contributed by atoms with Gasteiger partial charge in [-0.2, -0.15) is 0 Å². The molecule has 0 fully saturated rings. The molecular weight excluding hydrogens is 941 g/mol. The van der Waals surface area contributed by atoms with Gasteiger partial charge in [0.1, 0.15) is 28.5 Å². The van der Waals surface area contributed by atoms with Crippen LogP contribution in [0.5, 0.6) is 17.2 Å². The van der Waals surface area contributed by atoms with E-state index < -0.39 is 0 Å². The normalized spacial score (nSPS) is 11.4. The smallest absolute Gasteiger partial charge is 0.146 e. The van der Waals surface area contributed by atoms with Gasteiger partial charge in [-0.1, -0.05) is 101 Å². The van der Waals surface area contributed by atoms with Crippen LogP contribution < -0.4 is 4.74 Å². The summed E-state index contributed by atoms with van der Waals surface area (Å²) in [6, 6.07) is 69.3. The van der Waals surface area contributed by atoms with E-state index in [0.29, 0.717) is 0 Å². The second-order valence-corrected chi connectivity index (χ2v) is 18.4. The number of fused-ring (bicyclic) bond motifs is 16. The van der Waals surface area contributed by atoms with E-state index >= 15 is 0 Å². The van der Waals surface area contributed by atoms with Gasteiger partial charge in [-0.15, -0.1) is 0 Å². The molecule has 9 heteroatoms. The highest BCUT2D eigenvalue weighted by Crippen LogP contribution is 2.37. The number of imidazole rings is 2. The SMILES string of the molecule is Cc1ccc(Br)cc1-c1ccccn1.Cc1ccc(Oc2ccc3c4ccccc4n4c5ccccc5nc4c3c2)cc1-c1ccccn1.Oc1ccc2c3ccccc3n3c4ccccc4nc3c2c1. The van der Waals surface area contributed by atoms with Gasteiger partial charge in [0.05, 0.1) is 44.5 Å². The van der Waals surface area contributed by atoms with E-state index in [2.05, 4.69) is 146 Å². The molecule has 8 aromatic carbocycles. The van der Waals surface area contributed by atoms with Crippen molar-refractivity contribution >= 4 is 92.6 Å². The lowest BCUT2D eigenvalue weighted by Crippen LogP contribution is -1.93. The fraction of sp³-hybridized carbons (Fsp3) is 0.0323. The number of pyridine rings is 4. The van der Waals surface area contributed by atoms with Crippen LogP contribution in [-0.4, -0.2) is 33.8 Å². The summed E-state index contributed by atoms with van der Waals surface area (Å²) in [7, 11) is 0. The van der Waals surface area contributed by atoms with Gasteiger partial charge in [-0.25, -0.2) is 9.97 Å². The average Bonchev–Trinajstić information content (AvgIpc) is 4.02. The highest BCUT2D eigenvalue weighted by atomic mass is 79.9. The molecule has 0 saturated carbocycles. The van der Waals surface area contributed by atoms with Crippen molar-refractivity contribution in [3.05, 3.63) is 234 Å². The standard InChI is InChI=1S/C31H21N3O.C19H12N2O.C12H10BrN/c1-20-13-14-21(18-25(20)27-9-6-7-17-32-27)35-22-15-16-23-24-8-2-4-11-29(24)34-30-12-5-3-10-28(30)33-31(34)26(23)19-22;22-12-9-10-13-14-5-1-3-7-17(14)21-18-8-4-2-6-16(18)20-19(21)15(13)11-12;1-9-5-6-10(13)8-11(9)12-4-2-3-7-14-12/h2-19H,1H3;1-11,22H;2-8H,1H3. The van der Waals surface area contributed by atoms with E-state index in [1.54, 1.807) is 12.1 Å². The highest BCUT2D eigenvalue weighted by molar-refractivity contribution is 9.10. The Hall–Kier alpha value is -8.92. The van der Waals surface area contributed by atoms with Crippen LogP contribution in [0.3, 0.4) is 0 Å². The lowest BCUT2D eigenvalue weighted by molar-refractivity contribution is 0.476. The molecule has 1 N–H and O–H groups in total. The van der Waals surface area contributed by atoms with Gasteiger partial charge < -0.3 is 9.84 Å². The highest BCUT2D eigenvalue weighted by Gasteiger charge is 2.16. The number of aryl methyl sites for hydroxylation is 2. The van der Waals surface area contributed by atoms with E-state index in [1.165, 1.54) is 16.5 Å². The molecule has 0 bridgehead atoms. The molecule has 0 spiro atoms. The summed E-state index contributed by atoms with van der Waals surface area (Å²) >= 11 is 3.47. The van der Waals surface area contributed by atoms with Crippen molar-refractivity contribution in [2.45, 2.75) is 13.8 Å². The first-order chi connectivity index (χ1) is 34.9. The molecule has 0 unspecified atom stereocenters. The fourth-order valence-corrected chi connectivity index (χ4v) is 10.0. The summed E-state index contributed by atoms with van der Waals surface area (Å²) in [4.78, 5) is 18.6. The molecule has 8 nitrogen and oxygen atoms in total. The first-order valence-corrected chi connectivity index (χ1v) is 24.2. The van der Waals surface area contributed by atoms with Crippen molar-refractivity contribution in [3.63, 3.8) is 0 Å². The molecule has 0 saturated heterocycles. The molecule has 14 aromatic rings. The van der Waals surface area contributed by atoms with Crippen molar-refractivity contribution < 1.29 is 9.84 Å². The molecule has 0 radical (unpaired) electrons. The minimum atomic E-state index is 0.261. The maximum atomic E-state index is 9.90. The number of aromatic nitrogens is 6. The third-order valence-electron chi connectivity index (χ3n) is 13.0. The Morgan fingerprint density at radius 2 is 0.873 bits per heavy atom. The van der Waals surface area contributed by atoms with Crippen molar-refractivity contribution in [1.82, 2.24) is 28.7 Å². The van der Waals surface area contributed by atoms with Crippen LogP contribution >= 0.6 is 15.9 Å². The summed E-state index contributed by atoms with van der Waals surface area (Å²) < 4.78 is 11.9. The number of aromatic hydroxyl groups is 1. The Bertz CT molecular complexity index is 4320. The minimum Gasteiger partial charge on any atom is -0.508 e. The fourth-order valence-electron chi connectivity index (χ4n) is 9.64. The number of hydrogen-bond donors (Lipinski definition) is 1. The predicted molar refractivity (Wildman–Crippen MR) is 294 cm³/mol. The number of halogens is 1. The molecule has 340 valence electrons. The van der Waals surface area contributed by atoms with Gasteiger partial charge in [-0.3, -0.25) is 18.8 Å². The quantitative estimate of drug-likeness (QED) is 0.177. The van der Waals surface area contributed by atoms with E-state index in [4.69, 9.17) is 14.7 Å². The van der Waals surface area contributed by atoms with Crippen LogP contribution in [0.1, 0.15) is 11.1 Å². The van der Waals surface area contributed by atoms with Crippen molar-refractivity contribution in [2.75, 3.05) is 0 Å². The number of ether oxygens (including phenoxy) is 1. The third-order valence-corrected chi connectivity index (χ3v) is 13.5. The number of phenols is 1. The first kappa shape index (κ1) is 43.4. The summed E-state index contributed by atoms with van der Waals surface area (Å²) in [5, 5.41) is 16.6. The van der Waals surface area contributed by atoms with Crippen LogP contribution in [0.2, 0.25) is 0 Å². The van der Waals surface area contributed by atoms with E-state index in [-0.39, 0.29) is 5.75 Å². The number of rotatable bonds is 4. The Kier molecular flexibility index (Phi) is 11.1. The zero-order chi connectivity index (χ0) is 48.0. The van der Waals surface area contributed by atoms with Crippen LogP contribution in [0, 0.1) is 13.8 Å². The summed E-state index contributed by atoms with van der Waals surface area (Å²) in [6.07, 6.45) is 3.63. The van der Waals surface area contributed by atoms with Crippen LogP contribution in [0.4, 0.5) is 0 Å². The van der Waals surface area contributed by atoms with Gasteiger partial charge in [0, 0.05) is 49.5 Å². The molecule has 71 heavy (non-hydrogen) atoms. The van der Waals surface area contributed by atoms with Gasteiger partial charge in [0.25, 0.3) is 0 Å². The molecule has 6 aromatic heterocycles. The summed E-state index contributed by atoms with van der Waals surface area (Å²) in [5.74, 6) is 1.82. The lowest BCUT2D eigenvalue weighted by Gasteiger charge is -2.12. The van der Waals surface area contributed by atoms with E-state index in [9.17, 15) is 5.11 Å². The van der Waals surface area contributed by atoms with Crippen molar-refractivity contribution in [3.8, 4) is 39.8 Å². The zero-order valence-electron chi connectivity index (χ0n) is 38.7. The number of hydrogen-bond acceptors (Lipinski definition) is 6. The molecule has 0 aliphatic carbocycles. The molecule has 14 rings (SSSR count). The molecule has 0 atom stereocenters. The van der Waals surface area contributed by atoms with Crippen molar-refractivity contribution in [1.29, 1.82) is 0 Å². The van der Waals surface area contributed by atoms with Crippen LogP contribution in [0.25, 0.3) is 99.2 Å². The molecule has 0 aliphatic heterocycles. The van der Waals surface area contributed by atoms with Crippen molar-refractivity contribution in [2.24, 2.45) is 0 Å². The van der Waals surface area contributed by atoms with Crippen LogP contribution in [0.15, 0.2) is 223 Å². The monoisotopic (exact) mass is 982 g/mol. The third kappa shape index (κ3) is 8.02. The lowest BCUT2D eigenvalue weighted by atomic mass is 10.0. The number of nitrogens with zero attached hydrogens (tertiary/aromatic N) is 6. The van der Waals surface area contributed by atoms with E-state index in [0.717, 1.165) is 110 Å². The van der Waals surface area contributed by atoms with Gasteiger partial charge in [0.15, 0.2) is 0 Å². The Labute approximate surface area is 416 Å². The second kappa shape index (κ2) is 18.2. The Balaban J connectivity index is 0.000000122. The Morgan fingerprint density at radius 1 is 0.408 bits per heavy atom. The van der Waals surface area contributed by atoms with Gasteiger partial charge >= 0.3 is 0 Å². The molecule has 0 aliphatic rings. The minimum absolute atomic E-state index is 0.261. The summed E-state index contributed by atoms with van der Waals surface area (Å²) in [6.45, 7) is 4.19. The topological polar surface area (TPSA) is 89.8 Å². The maximum absolute atomic E-state index is 9.90. The van der Waals surface area contributed by atoms with Crippen LogP contribution in [-0.2, 0) is 0 Å². The second-order valence-electron chi connectivity index (χ2n) is 17.5. The van der Waals surface area contributed by atoms with Gasteiger partial charge in [-0.05, 0) is 157 Å². The van der Waals surface area contributed by atoms with E-state index in [1.807, 2.05) is 109 Å². The summed E-state index contributed by atoms with van der Waals surface area (Å²) in [5.41, 5.74) is 14.8. The molecule has 0 amide bonds. The van der Waals surface area contributed by atoms with Gasteiger partial charge in [0.2, 0.25) is 0 Å². The number of phenolic OH excluding ortho intramolecular Hbond substituents is 1. The largest absolute Gasteiger partial charge is 0.508 e. The molecule has 6 heterocycles. The number of para-hydroxylation sites is 6.